The van der Waals surface area contributed by atoms with Gasteiger partial charge in [-0.3, -0.25) is 0 Å². The van der Waals surface area contributed by atoms with Crippen molar-refractivity contribution < 1.29 is 14.6 Å². The highest BCUT2D eigenvalue weighted by atomic mass is 16.5. The van der Waals surface area contributed by atoms with Crippen molar-refractivity contribution in [2.75, 3.05) is 33.8 Å². The van der Waals surface area contributed by atoms with Crippen molar-refractivity contribution in [2.45, 2.75) is 37.8 Å². The lowest BCUT2D eigenvalue weighted by Crippen LogP contribution is -2.50. The second kappa shape index (κ2) is 6.33. The van der Waals surface area contributed by atoms with E-state index in [1.54, 1.807) is 0 Å². The second-order valence-corrected chi connectivity index (χ2v) is 5.11. The number of ether oxygens (including phenoxy) is 1. The Balaban J connectivity index is 2.37. The van der Waals surface area contributed by atoms with Crippen LogP contribution in [0.25, 0.3) is 0 Å². The van der Waals surface area contributed by atoms with E-state index in [4.69, 9.17) is 0 Å². The number of nitrogens with zero attached hydrogens (tertiary/aromatic N) is 1. The fraction of sp³-hybridized carbons (Fsp3) is 0.917. The molecule has 0 aliphatic carbocycles. The summed E-state index contributed by atoms with van der Waals surface area (Å²) in [6.07, 6.45) is 3.64. The molecule has 1 aliphatic heterocycles. The molecule has 0 saturated carbocycles. The Hall–Kier alpha value is -0.650. The van der Waals surface area contributed by atoms with Gasteiger partial charge in [-0.15, -0.1) is 0 Å². The van der Waals surface area contributed by atoms with E-state index < -0.39 is 11.6 Å². The highest BCUT2D eigenvalue weighted by Gasteiger charge is 2.33. The summed E-state index contributed by atoms with van der Waals surface area (Å²) in [4.78, 5) is 13.3. The molecular weight excluding hydrogens is 220 g/mol. The molecule has 100 valence electrons. The van der Waals surface area contributed by atoms with Gasteiger partial charge >= 0.3 is 5.97 Å². The van der Waals surface area contributed by atoms with Gasteiger partial charge in [0.2, 0.25) is 0 Å². The smallest absolute Gasteiger partial charge is 0.338 e. The zero-order valence-corrected chi connectivity index (χ0v) is 11.0. The summed E-state index contributed by atoms with van der Waals surface area (Å²) in [5.74, 6) is -0.582. The van der Waals surface area contributed by atoms with E-state index in [2.05, 4.69) is 10.1 Å². The highest BCUT2D eigenvalue weighted by Crippen LogP contribution is 2.11. The lowest BCUT2D eigenvalue weighted by atomic mass is 10.0. The summed E-state index contributed by atoms with van der Waals surface area (Å²) < 4.78 is 4.57. The van der Waals surface area contributed by atoms with Gasteiger partial charge in [0.15, 0.2) is 5.60 Å². The van der Waals surface area contributed by atoms with Crippen molar-refractivity contribution in [3.63, 3.8) is 0 Å². The van der Waals surface area contributed by atoms with Gasteiger partial charge in [0.1, 0.15) is 0 Å². The summed E-state index contributed by atoms with van der Waals surface area (Å²) in [5.41, 5.74) is -1.43. The van der Waals surface area contributed by atoms with Gasteiger partial charge in [-0.2, -0.15) is 0 Å². The van der Waals surface area contributed by atoms with Crippen LogP contribution in [0.1, 0.15) is 26.2 Å². The monoisotopic (exact) mass is 244 g/mol. The van der Waals surface area contributed by atoms with Crippen LogP contribution in [0.3, 0.4) is 0 Å². The van der Waals surface area contributed by atoms with E-state index in [0.29, 0.717) is 6.04 Å². The van der Waals surface area contributed by atoms with E-state index in [1.165, 1.54) is 26.9 Å². The number of aliphatic hydroxyl groups is 1. The fourth-order valence-electron chi connectivity index (χ4n) is 2.33. The van der Waals surface area contributed by atoms with Crippen LogP contribution in [0.5, 0.6) is 0 Å². The molecular formula is C12H24N2O3. The number of likely N-dealkylation sites (N-methyl/N-ethyl adjacent to an activating group) is 1. The predicted octanol–water partition coefficient (Wildman–Crippen LogP) is -0.0157. The van der Waals surface area contributed by atoms with Gasteiger partial charge in [0, 0.05) is 19.1 Å². The first-order chi connectivity index (χ1) is 7.95. The third kappa shape index (κ3) is 4.61. The maximum atomic E-state index is 11.3. The zero-order valence-electron chi connectivity index (χ0n) is 11.0. The van der Waals surface area contributed by atoms with Crippen molar-refractivity contribution in [3.05, 3.63) is 0 Å². The van der Waals surface area contributed by atoms with Crippen molar-refractivity contribution >= 4 is 5.97 Å². The van der Waals surface area contributed by atoms with Gasteiger partial charge < -0.3 is 20.1 Å². The van der Waals surface area contributed by atoms with Crippen molar-refractivity contribution in [1.29, 1.82) is 0 Å². The Morgan fingerprint density at radius 1 is 1.59 bits per heavy atom. The van der Waals surface area contributed by atoms with E-state index >= 15 is 0 Å². The van der Waals surface area contributed by atoms with Gasteiger partial charge in [0.25, 0.3) is 0 Å². The number of rotatable bonds is 5. The number of carbonyl (C=O) groups excluding carboxylic acids is 1. The van der Waals surface area contributed by atoms with Crippen molar-refractivity contribution in [1.82, 2.24) is 10.2 Å². The number of carbonyl (C=O) groups is 1. The van der Waals surface area contributed by atoms with Crippen molar-refractivity contribution in [2.24, 2.45) is 0 Å². The topological polar surface area (TPSA) is 61.8 Å². The molecule has 0 aromatic heterocycles. The van der Waals surface area contributed by atoms with Crippen LogP contribution in [-0.2, 0) is 9.53 Å². The van der Waals surface area contributed by atoms with Crippen LogP contribution in [0.4, 0.5) is 0 Å². The molecule has 1 rings (SSSR count). The summed E-state index contributed by atoms with van der Waals surface area (Å²) in [7, 11) is 3.20. The molecule has 1 fully saturated rings. The van der Waals surface area contributed by atoms with Crippen LogP contribution in [0.15, 0.2) is 0 Å². The quantitative estimate of drug-likeness (QED) is 0.666. The number of methoxy groups -OCH3 is 1. The molecule has 5 nitrogen and oxygen atoms in total. The second-order valence-electron chi connectivity index (χ2n) is 5.11. The van der Waals surface area contributed by atoms with E-state index in [9.17, 15) is 9.90 Å². The molecule has 0 amide bonds. The molecule has 0 spiro atoms. The maximum absolute atomic E-state index is 11.3. The zero-order chi connectivity index (χ0) is 12.9. The first kappa shape index (κ1) is 14.4. The summed E-state index contributed by atoms with van der Waals surface area (Å²) in [5, 5.41) is 13.4. The van der Waals surface area contributed by atoms with Crippen LogP contribution in [-0.4, -0.2) is 61.4 Å². The first-order valence-corrected chi connectivity index (χ1v) is 6.18. The number of hydrogen-bond acceptors (Lipinski definition) is 5. The summed E-state index contributed by atoms with van der Waals surface area (Å²) >= 11 is 0. The third-order valence-corrected chi connectivity index (χ3v) is 3.15. The van der Waals surface area contributed by atoms with Crippen LogP contribution in [0, 0.1) is 0 Å². The molecule has 0 aromatic carbocycles. The SMILES string of the molecule is COC(=O)C(C)(O)CN(C)CC1CCCCN1. The predicted molar refractivity (Wildman–Crippen MR) is 65.8 cm³/mol. The molecule has 5 heteroatoms. The molecule has 0 radical (unpaired) electrons. The Kier molecular flexibility index (Phi) is 5.36. The largest absolute Gasteiger partial charge is 0.467 e. The normalized spacial score (nSPS) is 24.4. The minimum Gasteiger partial charge on any atom is -0.467 e. The minimum atomic E-state index is -1.43. The lowest BCUT2D eigenvalue weighted by molar-refractivity contribution is -0.162. The molecule has 2 atom stereocenters. The number of esters is 1. The number of piperidine rings is 1. The average molecular weight is 244 g/mol. The molecule has 1 saturated heterocycles. The van der Waals surface area contributed by atoms with Crippen LogP contribution < -0.4 is 5.32 Å². The van der Waals surface area contributed by atoms with E-state index in [0.717, 1.165) is 19.5 Å². The van der Waals surface area contributed by atoms with Gasteiger partial charge in [-0.25, -0.2) is 4.79 Å². The molecule has 0 aromatic rings. The number of nitrogens with one attached hydrogen (secondary N) is 1. The van der Waals surface area contributed by atoms with Crippen LogP contribution in [0.2, 0.25) is 0 Å². The Morgan fingerprint density at radius 2 is 2.29 bits per heavy atom. The number of hydrogen-bond donors (Lipinski definition) is 2. The average Bonchev–Trinajstić information content (AvgIpc) is 2.28. The Bertz CT molecular complexity index is 250. The molecule has 17 heavy (non-hydrogen) atoms. The summed E-state index contributed by atoms with van der Waals surface area (Å²) in [6.45, 7) is 3.68. The molecule has 0 bridgehead atoms. The fourth-order valence-corrected chi connectivity index (χ4v) is 2.33. The van der Waals surface area contributed by atoms with Gasteiger partial charge in [-0.1, -0.05) is 6.42 Å². The Labute approximate surface area is 103 Å². The summed E-state index contributed by atoms with van der Waals surface area (Å²) in [6, 6.07) is 0.460. The van der Waals surface area contributed by atoms with E-state index in [-0.39, 0.29) is 6.54 Å². The highest BCUT2D eigenvalue weighted by molar-refractivity contribution is 5.78. The molecule has 1 heterocycles. The van der Waals surface area contributed by atoms with Gasteiger partial charge in [-0.05, 0) is 33.4 Å². The molecule has 2 unspecified atom stereocenters. The Morgan fingerprint density at radius 3 is 2.82 bits per heavy atom. The minimum absolute atomic E-state index is 0.290. The first-order valence-electron chi connectivity index (χ1n) is 6.18. The maximum Gasteiger partial charge on any atom is 0.338 e. The third-order valence-electron chi connectivity index (χ3n) is 3.15. The van der Waals surface area contributed by atoms with Crippen molar-refractivity contribution in [3.8, 4) is 0 Å². The van der Waals surface area contributed by atoms with Gasteiger partial charge in [0.05, 0.1) is 7.11 Å². The standard InChI is InChI=1S/C12H24N2O3/c1-12(16,11(15)17-3)9-14(2)8-10-6-4-5-7-13-10/h10,13,16H,4-9H2,1-3H3. The van der Waals surface area contributed by atoms with Crippen LogP contribution >= 0.6 is 0 Å². The molecule has 1 aliphatic rings. The lowest BCUT2D eigenvalue weighted by Gasteiger charge is -2.31. The van der Waals surface area contributed by atoms with E-state index in [1.807, 2.05) is 11.9 Å². The molecule has 2 N–H and O–H groups in total.